The van der Waals surface area contributed by atoms with E-state index in [0.29, 0.717) is 6.42 Å². The maximum absolute atomic E-state index is 10.5. The molecule has 0 saturated heterocycles. The van der Waals surface area contributed by atoms with Gasteiger partial charge in [0.15, 0.2) is 0 Å². The van der Waals surface area contributed by atoms with Crippen LogP contribution in [0.15, 0.2) is 23.9 Å². The Kier molecular flexibility index (Phi) is 3.88. The van der Waals surface area contributed by atoms with Gasteiger partial charge in [0.05, 0.1) is 12.2 Å². The van der Waals surface area contributed by atoms with E-state index in [0.717, 1.165) is 5.70 Å². The van der Waals surface area contributed by atoms with Crippen molar-refractivity contribution in [2.75, 3.05) is 20.6 Å². The minimum absolute atomic E-state index is 0.0616. The van der Waals surface area contributed by atoms with Gasteiger partial charge in [-0.15, -0.1) is 0 Å². The van der Waals surface area contributed by atoms with E-state index in [1.54, 1.807) is 7.05 Å². The van der Waals surface area contributed by atoms with Crippen LogP contribution in [0, 0.1) is 0 Å². The second-order valence-corrected chi connectivity index (χ2v) is 3.42. The lowest BCUT2D eigenvalue weighted by atomic mass is 9.99. The number of carboxylic acids is 1. The molecule has 0 heterocycles. The monoisotopic (exact) mass is 211 g/mol. The highest BCUT2D eigenvalue weighted by Gasteiger charge is 2.25. The fraction of sp³-hybridized carbons (Fsp3) is 0.500. The lowest BCUT2D eigenvalue weighted by Gasteiger charge is -2.32. The first-order valence-corrected chi connectivity index (χ1v) is 4.85. The molecule has 0 fully saturated rings. The number of likely N-dealkylation sites (N-methyl/N-ethyl adjacent to an activating group) is 2. The molecular weight excluding hydrogens is 194 g/mol. The van der Waals surface area contributed by atoms with E-state index in [1.165, 1.54) is 0 Å². The van der Waals surface area contributed by atoms with E-state index in [-0.39, 0.29) is 6.54 Å². The average molecular weight is 211 g/mol. The Bertz CT molecular complexity index is 299. The molecule has 15 heavy (non-hydrogen) atoms. The SMILES string of the molecule is CNC1=CCC(NC)(NCC(=O)O)C=C1. The lowest BCUT2D eigenvalue weighted by Crippen LogP contribution is -2.55. The molecule has 0 bridgehead atoms. The number of rotatable bonds is 5. The average Bonchev–Trinajstić information content (AvgIpc) is 2.27. The molecule has 0 saturated carbocycles. The quantitative estimate of drug-likeness (QED) is 0.467. The van der Waals surface area contributed by atoms with E-state index < -0.39 is 11.6 Å². The molecule has 1 atom stereocenters. The Morgan fingerprint density at radius 1 is 1.60 bits per heavy atom. The van der Waals surface area contributed by atoms with Gasteiger partial charge in [-0.3, -0.25) is 15.4 Å². The molecule has 0 aromatic heterocycles. The minimum Gasteiger partial charge on any atom is -0.480 e. The molecule has 5 nitrogen and oxygen atoms in total. The van der Waals surface area contributed by atoms with Crippen molar-refractivity contribution in [3.05, 3.63) is 23.9 Å². The fourth-order valence-electron chi connectivity index (χ4n) is 1.46. The van der Waals surface area contributed by atoms with Crippen LogP contribution in [0.4, 0.5) is 0 Å². The summed E-state index contributed by atoms with van der Waals surface area (Å²) in [5.74, 6) is -0.860. The smallest absolute Gasteiger partial charge is 0.317 e. The summed E-state index contributed by atoms with van der Waals surface area (Å²) in [6, 6.07) is 0. The third-order valence-electron chi connectivity index (χ3n) is 2.48. The third kappa shape index (κ3) is 3.07. The first kappa shape index (κ1) is 11.7. The lowest BCUT2D eigenvalue weighted by molar-refractivity contribution is -0.136. The molecule has 0 aromatic rings. The molecule has 4 N–H and O–H groups in total. The van der Waals surface area contributed by atoms with Crippen molar-refractivity contribution < 1.29 is 9.90 Å². The molecule has 1 aliphatic carbocycles. The van der Waals surface area contributed by atoms with Gasteiger partial charge < -0.3 is 10.4 Å². The number of hydrogen-bond donors (Lipinski definition) is 4. The van der Waals surface area contributed by atoms with E-state index >= 15 is 0 Å². The predicted octanol–water partition coefficient (Wildman–Crippen LogP) is -0.360. The molecule has 5 heteroatoms. The van der Waals surface area contributed by atoms with Crippen molar-refractivity contribution in [1.29, 1.82) is 0 Å². The molecule has 0 amide bonds. The molecule has 0 aliphatic heterocycles. The minimum atomic E-state index is -0.860. The molecule has 84 valence electrons. The summed E-state index contributed by atoms with van der Waals surface area (Å²) in [5, 5.41) is 17.7. The van der Waals surface area contributed by atoms with Crippen LogP contribution in [0.3, 0.4) is 0 Å². The highest BCUT2D eigenvalue weighted by atomic mass is 16.4. The summed E-state index contributed by atoms with van der Waals surface area (Å²) in [6.45, 7) is -0.0616. The van der Waals surface area contributed by atoms with Crippen LogP contribution in [0.2, 0.25) is 0 Å². The van der Waals surface area contributed by atoms with E-state index in [9.17, 15) is 4.79 Å². The van der Waals surface area contributed by atoms with Crippen molar-refractivity contribution in [3.8, 4) is 0 Å². The largest absolute Gasteiger partial charge is 0.480 e. The van der Waals surface area contributed by atoms with E-state index in [4.69, 9.17) is 5.11 Å². The van der Waals surface area contributed by atoms with Gasteiger partial charge >= 0.3 is 5.97 Å². The van der Waals surface area contributed by atoms with Crippen LogP contribution >= 0.6 is 0 Å². The number of carboxylic acid groups (broad SMARTS) is 1. The van der Waals surface area contributed by atoms with Crippen LogP contribution in [-0.2, 0) is 4.79 Å². The van der Waals surface area contributed by atoms with Crippen molar-refractivity contribution in [2.24, 2.45) is 0 Å². The van der Waals surface area contributed by atoms with Crippen molar-refractivity contribution >= 4 is 5.97 Å². The van der Waals surface area contributed by atoms with Crippen molar-refractivity contribution in [2.45, 2.75) is 12.1 Å². The Balaban J connectivity index is 2.61. The van der Waals surface area contributed by atoms with Crippen LogP contribution in [-0.4, -0.2) is 37.4 Å². The van der Waals surface area contributed by atoms with Gasteiger partial charge in [0.25, 0.3) is 0 Å². The number of carbonyl (C=O) groups is 1. The fourth-order valence-corrected chi connectivity index (χ4v) is 1.46. The zero-order chi connectivity index (χ0) is 11.3. The molecule has 0 spiro atoms. The van der Waals surface area contributed by atoms with Crippen molar-refractivity contribution in [3.63, 3.8) is 0 Å². The zero-order valence-electron chi connectivity index (χ0n) is 9.00. The first-order chi connectivity index (χ1) is 7.12. The summed E-state index contributed by atoms with van der Waals surface area (Å²) < 4.78 is 0. The Morgan fingerprint density at radius 3 is 2.73 bits per heavy atom. The Labute approximate surface area is 89.2 Å². The van der Waals surface area contributed by atoms with Crippen molar-refractivity contribution in [1.82, 2.24) is 16.0 Å². The van der Waals surface area contributed by atoms with Gasteiger partial charge in [0, 0.05) is 19.2 Å². The molecule has 0 aromatic carbocycles. The van der Waals surface area contributed by atoms with Gasteiger partial charge in [-0.05, 0) is 19.2 Å². The number of hydrogen-bond acceptors (Lipinski definition) is 4. The predicted molar refractivity (Wildman–Crippen MR) is 58.3 cm³/mol. The topological polar surface area (TPSA) is 73.4 Å². The van der Waals surface area contributed by atoms with Gasteiger partial charge in [0.1, 0.15) is 0 Å². The van der Waals surface area contributed by atoms with Crippen LogP contribution in [0.25, 0.3) is 0 Å². The Hall–Kier alpha value is -1.33. The summed E-state index contributed by atoms with van der Waals surface area (Å²) in [6.07, 6.45) is 6.59. The molecule has 1 rings (SSSR count). The summed E-state index contributed by atoms with van der Waals surface area (Å²) in [5.41, 5.74) is 0.594. The molecule has 0 radical (unpaired) electrons. The maximum atomic E-state index is 10.5. The van der Waals surface area contributed by atoms with E-state index in [2.05, 4.69) is 16.0 Å². The van der Waals surface area contributed by atoms with Crippen LogP contribution in [0.1, 0.15) is 6.42 Å². The van der Waals surface area contributed by atoms with Gasteiger partial charge in [0.2, 0.25) is 0 Å². The van der Waals surface area contributed by atoms with Gasteiger partial charge in [-0.25, -0.2) is 0 Å². The van der Waals surface area contributed by atoms with E-state index in [1.807, 2.05) is 25.3 Å². The number of allylic oxidation sites excluding steroid dienone is 1. The number of aliphatic carboxylic acids is 1. The third-order valence-corrected chi connectivity index (χ3v) is 2.48. The summed E-state index contributed by atoms with van der Waals surface area (Å²) in [4.78, 5) is 10.5. The van der Waals surface area contributed by atoms with Crippen LogP contribution < -0.4 is 16.0 Å². The highest BCUT2D eigenvalue weighted by molar-refractivity contribution is 5.69. The van der Waals surface area contributed by atoms with Gasteiger partial charge in [-0.2, -0.15) is 0 Å². The highest BCUT2D eigenvalue weighted by Crippen LogP contribution is 2.16. The maximum Gasteiger partial charge on any atom is 0.317 e. The summed E-state index contributed by atoms with van der Waals surface area (Å²) in [7, 11) is 3.66. The Morgan fingerprint density at radius 2 is 2.33 bits per heavy atom. The molecular formula is C10H17N3O2. The van der Waals surface area contributed by atoms with Crippen LogP contribution in [0.5, 0.6) is 0 Å². The standard InChI is InChI=1S/C10H17N3O2/c1-11-8-3-5-10(12-2,6-4-8)13-7-9(14)15/h3-5,11-13H,6-7H2,1-2H3,(H,14,15). The first-order valence-electron chi connectivity index (χ1n) is 4.85. The normalized spacial score (nSPS) is 24.8. The zero-order valence-corrected chi connectivity index (χ0v) is 9.00. The molecule has 1 unspecified atom stereocenters. The number of nitrogens with one attached hydrogen (secondary N) is 3. The second-order valence-electron chi connectivity index (χ2n) is 3.42. The molecule has 1 aliphatic rings. The second kappa shape index (κ2) is 4.95. The van der Waals surface area contributed by atoms with Gasteiger partial charge in [-0.1, -0.05) is 6.08 Å². The summed E-state index contributed by atoms with van der Waals surface area (Å²) >= 11 is 0.